The molecule has 2 atom stereocenters. The number of thioether (sulfide) groups is 1. The quantitative estimate of drug-likeness (QED) is 0.800. The normalized spacial score (nSPS) is 22.4. The zero-order valence-corrected chi connectivity index (χ0v) is 15.3. The van der Waals surface area contributed by atoms with Crippen LogP contribution in [0.2, 0.25) is 0 Å². The highest BCUT2D eigenvalue weighted by atomic mass is 32.2. The van der Waals surface area contributed by atoms with Gasteiger partial charge >= 0.3 is 11.9 Å². The van der Waals surface area contributed by atoms with Crippen molar-refractivity contribution in [2.75, 3.05) is 14.2 Å². The average Bonchev–Trinajstić information content (AvgIpc) is 2.95. The number of rotatable bonds is 3. The van der Waals surface area contributed by atoms with Gasteiger partial charge in [-0.25, -0.2) is 9.59 Å². The number of ether oxygens (including phenoxy) is 2. The van der Waals surface area contributed by atoms with Crippen LogP contribution in [0.25, 0.3) is 0 Å². The third kappa shape index (κ3) is 2.66. The van der Waals surface area contributed by atoms with Crippen molar-refractivity contribution in [2.45, 2.75) is 18.1 Å². The zero-order chi connectivity index (χ0) is 19.0. The first-order valence-electron chi connectivity index (χ1n) is 7.88. The topological polar surface area (TPSA) is 98.9 Å². The number of hydrogen-bond donors (Lipinski definition) is 1. The highest BCUT2D eigenvalue weighted by Crippen LogP contribution is 2.49. The number of benzene rings is 1. The van der Waals surface area contributed by atoms with Crippen molar-refractivity contribution in [2.24, 2.45) is 5.73 Å². The molecule has 0 aliphatic carbocycles. The standard InChI is InChI=1S/C18H18N2O5S/c1-9-15(21)20-14(19)12(17(22)24-2)11(10-7-5-4-6-8-10)13(16(20)26-9)18(23)25-3/h4-9,11H,19H2,1-3H3/t9-,11+/m1/s1. The second kappa shape index (κ2) is 6.87. The lowest BCUT2D eigenvalue weighted by Crippen LogP contribution is -2.40. The zero-order valence-electron chi connectivity index (χ0n) is 14.5. The molecule has 0 bridgehead atoms. The third-order valence-electron chi connectivity index (χ3n) is 4.33. The fraction of sp³-hybridized carbons (Fsp3) is 0.278. The minimum Gasteiger partial charge on any atom is -0.466 e. The van der Waals surface area contributed by atoms with Crippen LogP contribution in [0.3, 0.4) is 0 Å². The molecule has 2 aliphatic rings. The van der Waals surface area contributed by atoms with E-state index in [0.29, 0.717) is 10.6 Å². The Morgan fingerprint density at radius 1 is 1.08 bits per heavy atom. The number of carbonyl (C=O) groups excluding carboxylic acids is 3. The molecule has 1 saturated heterocycles. The van der Waals surface area contributed by atoms with Gasteiger partial charge in [0.05, 0.1) is 41.6 Å². The van der Waals surface area contributed by atoms with Gasteiger partial charge in [0.25, 0.3) is 0 Å². The molecule has 0 unspecified atom stereocenters. The molecule has 1 fully saturated rings. The maximum absolute atomic E-state index is 12.6. The molecule has 0 spiro atoms. The van der Waals surface area contributed by atoms with Gasteiger partial charge in [-0.3, -0.25) is 9.69 Å². The number of esters is 2. The van der Waals surface area contributed by atoms with Crippen LogP contribution >= 0.6 is 11.8 Å². The summed E-state index contributed by atoms with van der Waals surface area (Å²) >= 11 is 1.22. The summed E-state index contributed by atoms with van der Waals surface area (Å²) in [6, 6.07) is 8.98. The fourth-order valence-corrected chi connectivity index (χ4v) is 4.29. The van der Waals surface area contributed by atoms with E-state index in [1.807, 2.05) is 6.07 Å². The van der Waals surface area contributed by atoms with E-state index in [-0.39, 0.29) is 22.9 Å². The maximum Gasteiger partial charge on any atom is 0.338 e. The Morgan fingerprint density at radius 2 is 1.65 bits per heavy atom. The van der Waals surface area contributed by atoms with Gasteiger partial charge < -0.3 is 15.2 Å². The molecule has 2 aliphatic heterocycles. The first-order chi connectivity index (χ1) is 12.4. The van der Waals surface area contributed by atoms with Crippen LogP contribution in [0, 0.1) is 0 Å². The number of nitrogens with zero attached hydrogens (tertiary/aromatic N) is 1. The van der Waals surface area contributed by atoms with Crippen LogP contribution in [0.4, 0.5) is 0 Å². The number of hydrogen-bond acceptors (Lipinski definition) is 7. The highest BCUT2D eigenvalue weighted by molar-refractivity contribution is 8.04. The summed E-state index contributed by atoms with van der Waals surface area (Å²) in [7, 11) is 2.48. The Morgan fingerprint density at radius 3 is 2.23 bits per heavy atom. The monoisotopic (exact) mass is 374 g/mol. The molecular formula is C18H18N2O5S. The predicted molar refractivity (Wildman–Crippen MR) is 95.4 cm³/mol. The second-order valence-electron chi connectivity index (χ2n) is 5.78. The summed E-state index contributed by atoms with van der Waals surface area (Å²) in [6.07, 6.45) is 0. The van der Waals surface area contributed by atoms with Crippen LogP contribution in [0.5, 0.6) is 0 Å². The smallest absolute Gasteiger partial charge is 0.338 e. The summed E-state index contributed by atoms with van der Waals surface area (Å²) in [6.45, 7) is 1.72. The van der Waals surface area contributed by atoms with E-state index in [9.17, 15) is 14.4 Å². The number of fused-ring (bicyclic) bond motifs is 1. The van der Waals surface area contributed by atoms with Crippen LogP contribution in [0.15, 0.2) is 52.3 Å². The van der Waals surface area contributed by atoms with Crippen molar-refractivity contribution in [3.63, 3.8) is 0 Å². The molecule has 7 nitrogen and oxygen atoms in total. The summed E-state index contributed by atoms with van der Waals surface area (Å²) in [5.74, 6) is -2.42. The lowest BCUT2D eigenvalue weighted by molar-refractivity contribution is -0.137. The van der Waals surface area contributed by atoms with Crippen LogP contribution in [0.1, 0.15) is 18.4 Å². The lowest BCUT2D eigenvalue weighted by Gasteiger charge is -2.32. The molecule has 26 heavy (non-hydrogen) atoms. The molecule has 2 N–H and O–H groups in total. The summed E-state index contributed by atoms with van der Waals surface area (Å²) < 4.78 is 9.84. The Kier molecular flexibility index (Phi) is 4.78. The van der Waals surface area contributed by atoms with Crippen molar-refractivity contribution in [3.8, 4) is 0 Å². The van der Waals surface area contributed by atoms with E-state index in [0.717, 1.165) is 0 Å². The van der Waals surface area contributed by atoms with Crippen molar-refractivity contribution in [1.82, 2.24) is 4.90 Å². The van der Waals surface area contributed by atoms with Gasteiger partial charge in [-0.1, -0.05) is 42.1 Å². The Bertz CT molecular complexity index is 846. The fourth-order valence-electron chi connectivity index (χ4n) is 3.13. The molecule has 2 heterocycles. The van der Waals surface area contributed by atoms with Gasteiger partial charge in [0.2, 0.25) is 5.91 Å². The van der Waals surface area contributed by atoms with E-state index < -0.39 is 23.1 Å². The van der Waals surface area contributed by atoms with E-state index in [1.165, 1.54) is 30.9 Å². The largest absolute Gasteiger partial charge is 0.466 e. The maximum atomic E-state index is 12.6. The summed E-state index contributed by atoms with van der Waals surface area (Å²) in [5.41, 5.74) is 7.14. The summed E-state index contributed by atoms with van der Waals surface area (Å²) in [4.78, 5) is 38.9. The summed E-state index contributed by atoms with van der Waals surface area (Å²) in [5, 5.41) is -0.0371. The minimum atomic E-state index is -0.784. The molecule has 0 aromatic heterocycles. The van der Waals surface area contributed by atoms with E-state index in [4.69, 9.17) is 15.2 Å². The van der Waals surface area contributed by atoms with Crippen molar-refractivity contribution < 1.29 is 23.9 Å². The Hall–Kier alpha value is -2.74. The molecule has 8 heteroatoms. The van der Waals surface area contributed by atoms with Gasteiger partial charge in [-0.2, -0.15) is 0 Å². The molecule has 1 aromatic rings. The molecule has 0 saturated carbocycles. The molecule has 1 aromatic carbocycles. The van der Waals surface area contributed by atoms with E-state index in [2.05, 4.69) is 0 Å². The Balaban J connectivity index is 2.32. The Labute approximate surface area is 154 Å². The van der Waals surface area contributed by atoms with Crippen molar-refractivity contribution >= 4 is 29.6 Å². The second-order valence-corrected chi connectivity index (χ2v) is 7.11. The number of carbonyl (C=O) groups is 3. The van der Waals surface area contributed by atoms with Crippen LogP contribution < -0.4 is 5.73 Å². The van der Waals surface area contributed by atoms with Gasteiger partial charge in [0.1, 0.15) is 5.82 Å². The molecule has 136 valence electrons. The predicted octanol–water partition coefficient (Wildman–Crippen LogP) is 1.48. The molecule has 3 rings (SSSR count). The number of amides is 1. The molecule has 1 amide bonds. The first kappa shape index (κ1) is 18.1. The van der Waals surface area contributed by atoms with Gasteiger partial charge in [0, 0.05) is 0 Å². The molecule has 0 radical (unpaired) electrons. The number of methoxy groups -OCH3 is 2. The van der Waals surface area contributed by atoms with Crippen molar-refractivity contribution in [3.05, 3.63) is 57.9 Å². The highest BCUT2D eigenvalue weighted by Gasteiger charge is 2.48. The van der Waals surface area contributed by atoms with Crippen LogP contribution in [-0.2, 0) is 23.9 Å². The van der Waals surface area contributed by atoms with Gasteiger partial charge in [-0.15, -0.1) is 0 Å². The van der Waals surface area contributed by atoms with Crippen LogP contribution in [-0.4, -0.2) is 42.2 Å². The molecular weight excluding hydrogens is 356 g/mol. The van der Waals surface area contributed by atoms with E-state index >= 15 is 0 Å². The van der Waals surface area contributed by atoms with Crippen molar-refractivity contribution in [1.29, 1.82) is 0 Å². The van der Waals surface area contributed by atoms with Gasteiger partial charge in [-0.05, 0) is 12.5 Å². The number of nitrogens with two attached hydrogens (primary N) is 1. The third-order valence-corrected chi connectivity index (χ3v) is 5.51. The lowest BCUT2D eigenvalue weighted by atomic mass is 9.82. The minimum absolute atomic E-state index is 0.0183. The average molecular weight is 374 g/mol. The first-order valence-corrected chi connectivity index (χ1v) is 8.76. The van der Waals surface area contributed by atoms with E-state index in [1.54, 1.807) is 31.2 Å². The van der Waals surface area contributed by atoms with Gasteiger partial charge in [0.15, 0.2) is 0 Å². The SMILES string of the molecule is COC(=O)C1=C(N)N2C(=O)[C@@H](C)SC2=C(C(=O)OC)[C@H]1c1ccccc1.